The lowest BCUT2D eigenvalue weighted by Gasteiger charge is -2.14. The third kappa shape index (κ3) is 10.1. The highest BCUT2D eigenvalue weighted by Gasteiger charge is 2.20. The zero-order chi connectivity index (χ0) is 15.4. The average Bonchev–Trinajstić information content (AvgIpc) is 2.38. The Kier molecular flexibility index (Phi) is 10.0. The summed E-state index contributed by atoms with van der Waals surface area (Å²) in [5.41, 5.74) is 0. The van der Waals surface area contributed by atoms with E-state index in [2.05, 4.69) is 10.6 Å². The van der Waals surface area contributed by atoms with E-state index in [1.54, 1.807) is 0 Å². The first-order chi connectivity index (χ1) is 9.47. The normalized spacial score (nSPS) is 11.7. The van der Waals surface area contributed by atoms with Gasteiger partial charge in [0.1, 0.15) is 6.04 Å². The van der Waals surface area contributed by atoms with Gasteiger partial charge in [0.25, 0.3) is 0 Å². The number of rotatable bonds is 11. The second-order valence-electron chi connectivity index (χ2n) is 4.19. The Bertz CT molecular complexity index is 321. The third-order valence-electron chi connectivity index (χ3n) is 2.35. The van der Waals surface area contributed by atoms with Crippen LogP contribution in [0.3, 0.4) is 0 Å². The Labute approximate surface area is 117 Å². The van der Waals surface area contributed by atoms with Gasteiger partial charge in [-0.05, 0) is 19.3 Å². The molecule has 116 valence electrons. The molecule has 0 fully saturated rings. The second kappa shape index (κ2) is 11.0. The molecule has 0 aliphatic heterocycles. The molecule has 2 amide bonds. The van der Waals surface area contributed by atoms with Crippen LogP contribution in [-0.4, -0.2) is 54.0 Å². The highest BCUT2D eigenvalue weighted by Crippen LogP contribution is 1.98. The van der Waals surface area contributed by atoms with Crippen molar-refractivity contribution in [3.63, 3.8) is 0 Å². The van der Waals surface area contributed by atoms with E-state index in [4.69, 9.17) is 14.9 Å². The Morgan fingerprint density at radius 2 is 1.90 bits per heavy atom. The topological polar surface area (TPSA) is 125 Å². The summed E-state index contributed by atoms with van der Waals surface area (Å²) in [5, 5.41) is 22.0. The fourth-order valence-corrected chi connectivity index (χ4v) is 1.36. The van der Waals surface area contributed by atoms with Gasteiger partial charge in [-0.15, -0.1) is 0 Å². The van der Waals surface area contributed by atoms with E-state index < -0.39 is 24.0 Å². The maximum atomic E-state index is 11.4. The fraction of sp³-hybridized carbons (Fsp3) is 0.750. The predicted molar refractivity (Wildman–Crippen MR) is 70.6 cm³/mol. The molecule has 0 aromatic carbocycles. The number of hydrogen-bond acceptors (Lipinski definition) is 4. The average molecular weight is 290 g/mol. The first-order valence-corrected chi connectivity index (χ1v) is 6.54. The Hall–Kier alpha value is -1.83. The first kappa shape index (κ1) is 18.2. The van der Waals surface area contributed by atoms with Gasteiger partial charge in [0.2, 0.25) is 0 Å². The maximum absolute atomic E-state index is 11.4. The van der Waals surface area contributed by atoms with Gasteiger partial charge >= 0.3 is 18.0 Å². The van der Waals surface area contributed by atoms with Crippen LogP contribution in [0.2, 0.25) is 0 Å². The Balaban J connectivity index is 3.84. The Morgan fingerprint density at radius 3 is 2.45 bits per heavy atom. The monoisotopic (exact) mass is 290 g/mol. The molecule has 0 aromatic heterocycles. The van der Waals surface area contributed by atoms with Crippen LogP contribution in [0.25, 0.3) is 0 Å². The molecule has 8 nitrogen and oxygen atoms in total. The quantitative estimate of drug-likeness (QED) is 0.409. The van der Waals surface area contributed by atoms with E-state index in [1.807, 2.05) is 6.92 Å². The third-order valence-corrected chi connectivity index (χ3v) is 2.35. The van der Waals surface area contributed by atoms with Crippen molar-refractivity contribution in [3.05, 3.63) is 0 Å². The summed E-state index contributed by atoms with van der Waals surface area (Å²) in [6.45, 7) is 3.55. The number of carboxylic acid groups (broad SMARTS) is 2. The van der Waals surface area contributed by atoms with E-state index in [-0.39, 0.29) is 12.8 Å². The van der Waals surface area contributed by atoms with Crippen molar-refractivity contribution in [3.8, 4) is 0 Å². The van der Waals surface area contributed by atoms with Gasteiger partial charge in [0.15, 0.2) is 0 Å². The number of carboxylic acids is 2. The van der Waals surface area contributed by atoms with Gasteiger partial charge < -0.3 is 25.6 Å². The standard InChI is InChI=1S/C12H22N2O6/c1-2-7-20-8-3-6-13-12(19)14-9(11(17)18)4-5-10(15)16/h9H,2-8H2,1H3,(H,15,16)(H,17,18)(H2,13,14,19). The van der Waals surface area contributed by atoms with Gasteiger partial charge in [-0.2, -0.15) is 0 Å². The number of aliphatic carboxylic acids is 2. The van der Waals surface area contributed by atoms with E-state index in [0.717, 1.165) is 6.42 Å². The molecule has 8 heteroatoms. The van der Waals surface area contributed by atoms with Gasteiger partial charge in [-0.25, -0.2) is 9.59 Å². The van der Waals surface area contributed by atoms with Crippen molar-refractivity contribution in [2.75, 3.05) is 19.8 Å². The van der Waals surface area contributed by atoms with Gasteiger partial charge in [0, 0.05) is 26.2 Å². The lowest BCUT2D eigenvalue weighted by Crippen LogP contribution is -2.46. The van der Waals surface area contributed by atoms with Crippen LogP contribution >= 0.6 is 0 Å². The maximum Gasteiger partial charge on any atom is 0.326 e. The lowest BCUT2D eigenvalue weighted by molar-refractivity contribution is -0.140. The SMILES string of the molecule is CCCOCCCNC(=O)NC(CCC(=O)O)C(=O)O. The van der Waals surface area contributed by atoms with Crippen LogP contribution in [0.1, 0.15) is 32.6 Å². The molecule has 1 atom stereocenters. The molecule has 1 unspecified atom stereocenters. The summed E-state index contributed by atoms with van der Waals surface area (Å²) in [4.78, 5) is 32.6. The van der Waals surface area contributed by atoms with Crippen LogP contribution in [-0.2, 0) is 14.3 Å². The number of nitrogens with one attached hydrogen (secondary N) is 2. The van der Waals surface area contributed by atoms with Crippen molar-refractivity contribution >= 4 is 18.0 Å². The molecule has 0 aromatic rings. The smallest absolute Gasteiger partial charge is 0.326 e. The summed E-state index contributed by atoms with van der Waals surface area (Å²) >= 11 is 0. The molecule has 0 heterocycles. The molecule has 0 aliphatic rings. The van der Waals surface area contributed by atoms with Crippen molar-refractivity contribution < 1.29 is 29.3 Å². The summed E-state index contributed by atoms with van der Waals surface area (Å²) < 4.78 is 5.22. The zero-order valence-corrected chi connectivity index (χ0v) is 11.6. The van der Waals surface area contributed by atoms with Crippen molar-refractivity contribution in [1.29, 1.82) is 0 Å². The molecule has 0 bridgehead atoms. The molecular formula is C12H22N2O6. The van der Waals surface area contributed by atoms with Crippen molar-refractivity contribution in [1.82, 2.24) is 10.6 Å². The van der Waals surface area contributed by atoms with Crippen LogP contribution < -0.4 is 10.6 Å². The molecule has 0 radical (unpaired) electrons. The van der Waals surface area contributed by atoms with E-state index in [9.17, 15) is 14.4 Å². The highest BCUT2D eigenvalue weighted by atomic mass is 16.5. The summed E-state index contributed by atoms with van der Waals surface area (Å²) in [7, 11) is 0. The van der Waals surface area contributed by atoms with Gasteiger partial charge in [-0.1, -0.05) is 6.92 Å². The Morgan fingerprint density at radius 1 is 1.20 bits per heavy atom. The second-order valence-corrected chi connectivity index (χ2v) is 4.19. The van der Waals surface area contributed by atoms with Gasteiger partial charge in [0.05, 0.1) is 0 Å². The molecule has 4 N–H and O–H groups in total. The summed E-state index contributed by atoms with van der Waals surface area (Å²) in [6.07, 6.45) is 1.08. The molecule has 0 aliphatic carbocycles. The van der Waals surface area contributed by atoms with Crippen LogP contribution in [0.5, 0.6) is 0 Å². The number of amides is 2. The van der Waals surface area contributed by atoms with Crippen LogP contribution in [0, 0.1) is 0 Å². The number of urea groups is 1. The molecular weight excluding hydrogens is 268 g/mol. The van der Waals surface area contributed by atoms with Crippen LogP contribution in [0.15, 0.2) is 0 Å². The van der Waals surface area contributed by atoms with Crippen molar-refractivity contribution in [2.24, 2.45) is 0 Å². The molecule has 0 saturated carbocycles. The minimum absolute atomic E-state index is 0.155. The van der Waals surface area contributed by atoms with E-state index in [1.165, 1.54) is 0 Å². The first-order valence-electron chi connectivity index (χ1n) is 6.54. The number of carbonyl (C=O) groups excluding carboxylic acids is 1. The molecule has 0 saturated heterocycles. The molecule has 0 rings (SSSR count). The molecule has 20 heavy (non-hydrogen) atoms. The van der Waals surface area contributed by atoms with Crippen LogP contribution in [0.4, 0.5) is 4.79 Å². The summed E-state index contributed by atoms with van der Waals surface area (Å²) in [6, 6.07) is -1.83. The molecule has 0 spiro atoms. The minimum atomic E-state index is -1.26. The summed E-state index contributed by atoms with van der Waals surface area (Å²) in [5.74, 6) is -2.36. The van der Waals surface area contributed by atoms with Crippen molar-refractivity contribution in [2.45, 2.75) is 38.6 Å². The van der Waals surface area contributed by atoms with E-state index >= 15 is 0 Å². The number of carbonyl (C=O) groups is 3. The lowest BCUT2D eigenvalue weighted by atomic mass is 10.1. The van der Waals surface area contributed by atoms with E-state index in [0.29, 0.717) is 26.2 Å². The van der Waals surface area contributed by atoms with Gasteiger partial charge in [-0.3, -0.25) is 4.79 Å². The highest BCUT2D eigenvalue weighted by molar-refractivity contribution is 5.82. The fourth-order valence-electron chi connectivity index (χ4n) is 1.36. The number of hydrogen-bond donors (Lipinski definition) is 4. The predicted octanol–water partition coefficient (Wildman–Crippen LogP) is 0.420. The minimum Gasteiger partial charge on any atom is -0.481 e. The number of ether oxygens (including phenoxy) is 1. The zero-order valence-electron chi connectivity index (χ0n) is 11.6. The largest absolute Gasteiger partial charge is 0.481 e.